The van der Waals surface area contributed by atoms with Crippen LogP contribution in [-0.4, -0.2) is 9.55 Å². The Bertz CT molecular complexity index is 3530. The van der Waals surface area contributed by atoms with E-state index in [4.69, 9.17) is 24.8 Å². The molecule has 0 atom stereocenters. The van der Waals surface area contributed by atoms with Crippen LogP contribution >= 0.6 is 0 Å². The zero-order chi connectivity index (χ0) is 49.8. The molecule has 3 heterocycles. The SMILES string of the molecule is [2H]c1c([2H])c([2H])c(-c2c([2H])c([2H])c([2H])c(-c3c([2H])c([2H])c([2H])c([2H])c3[2H])c2N2[CH-]N(c3[c-]c(Oc4[c-]c5c(cc4)c4ccccc4n5-c4cc(C(C)(C)C)ccn4)ccc3)c3ccccc32)c([2H])c1[2H].[Pt]. The molecule has 10 rings (SSSR count). The quantitative estimate of drug-likeness (QED) is 0.149. The molecule has 0 unspecified atom stereocenters. The third-order valence-corrected chi connectivity index (χ3v) is 9.85. The summed E-state index contributed by atoms with van der Waals surface area (Å²) in [6.45, 7) is 8.00. The second kappa shape index (κ2) is 15.2. The number of para-hydroxylation sites is 4. The first-order valence-electron chi connectivity index (χ1n) is 24.7. The zero-order valence-electron chi connectivity index (χ0n) is 44.3. The van der Waals surface area contributed by atoms with Crippen LogP contribution in [-0.2, 0) is 26.5 Å². The van der Waals surface area contributed by atoms with E-state index in [1.165, 1.54) is 4.90 Å². The predicted molar refractivity (Wildman–Crippen MR) is 234 cm³/mol. The maximum Gasteiger partial charge on any atom is 0.135 e. The molecule has 6 heteroatoms. The van der Waals surface area contributed by atoms with Crippen LogP contribution in [0, 0.1) is 18.8 Å². The number of nitrogens with zero attached hydrogens (tertiary/aromatic N) is 4. The van der Waals surface area contributed by atoms with Gasteiger partial charge in [0.25, 0.3) is 0 Å². The Morgan fingerprint density at radius 3 is 2.00 bits per heavy atom. The van der Waals surface area contributed by atoms with Crippen molar-refractivity contribution in [3.8, 4) is 39.6 Å². The van der Waals surface area contributed by atoms with Gasteiger partial charge in [-0.1, -0.05) is 135 Å². The third-order valence-electron chi connectivity index (χ3n) is 9.85. The van der Waals surface area contributed by atoms with Gasteiger partial charge >= 0.3 is 0 Å². The smallest absolute Gasteiger partial charge is 0.135 e. The van der Waals surface area contributed by atoms with Gasteiger partial charge in [0, 0.05) is 72.5 Å². The fraction of sp³-hybridized carbons (Fsp3) is 0.0769. The monoisotopic (exact) mass is 943 g/mol. The van der Waals surface area contributed by atoms with Crippen LogP contribution in [0.25, 0.3) is 49.9 Å². The van der Waals surface area contributed by atoms with Crippen LogP contribution in [0.15, 0.2) is 176 Å². The number of fused-ring (bicyclic) bond motifs is 4. The summed E-state index contributed by atoms with van der Waals surface area (Å²) in [4.78, 5) is 7.96. The second-order valence-corrected chi connectivity index (χ2v) is 14.4. The van der Waals surface area contributed by atoms with Gasteiger partial charge in [-0.15, -0.1) is 48.1 Å². The topological polar surface area (TPSA) is 33.5 Å². The van der Waals surface area contributed by atoms with Gasteiger partial charge in [-0.05, 0) is 57.8 Å². The summed E-state index contributed by atoms with van der Waals surface area (Å²) in [5.74, 6) is 1.41. The maximum absolute atomic E-state index is 9.34. The van der Waals surface area contributed by atoms with E-state index in [1.54, 1.807) is 60.2 Å². The van der Waals surface area contributed by atoms with Crippen molar-refractivity contribution in [3.63, 3.8) is 0 Å². The Labute approximate surface area is 372 Å². The minimum absolute atomic E-state index is 0. The summed E-state index contributed by atoms with van der Waals surface area (Å²) < 4.78 is 123. The molecule has 0 saturated carbocycles. The number of hydrogen-bond donors (Lipinski definition) is 0. The number of pyridine rings is 1. The molecule has 0 N–H and O–H groups in total. The van der Waals surface area contributed by atoms with Crippen molar-refractivity contribution in [2.24, 2.45) is 0 Å². The number of hydrogen-bond acceptors (Lipinski definition) is 4. The minimum atomic E-state index is -0.764. The maximum atomic E-state index is 9.34. The van der Waals surface area contributed by atoms with E-state index in [0.717, 1.165) is 33.2 Å². The molecule has 7 aromatic carbocycles. The Morgan fingerprint density at radius 1 is 0.638 bits per heavy atom. The molecule has 9 aromatic rings. The van der Waals surface area contributed by atoms with Crippen molar-refractivity contribution in [2.75, 3.05) is 9.80 Å². The molecular weight excluding hydrogens is 892 g/mol. The minimum Gasteiger partial charge on any atom is -0.509 e. The van der Waals surface area contributed by atoms with E-state index < -0.39 is 101 Å². The van der Waals surface area contributed by atoms with E-state index in [1.807, 2.05) is 36.4 Å². The van der Waals surface area contributed by atoms with Gasteiger partial charge in [-0.3, -0.25) is 0 Å². The van der Waals surface area contributed by atoms with E-state index >= 15 is 0 Å². The van der Waals surface area contributed by atoms with Gasteiger partial charge in [0.05, 0.1) is 17.8 Å². The summed E-state index contributed by atoms with van der Waals surface area (Å²) in [5.41, 5.74) is 2.01. The van der Waals surface area contributed by atoms with Crippen LogP contribution in [0.5, 0.6) is 11.5 Å². The fourth-order valence-electron chi connectivity index (χ4n) is 7.17. The molecule has 0 amide bonds. The molecule has 0 spiro atoms. The molecule has 0 bridgehead atoms. The van der Waals surface area contributed by atoms with Crippen LogP contribution in [0.4, 0.5) is 22.7 Å². The first-order valence-corrected chi connectivity index (χ1v) is 18.2. The van der Waals surface area contributed by atoms with Crippen LogP contribution < -0.4 is 14.5 Å². The molecule has 0 fully saturated rings. The van der Waals surface area contributed by atoms with E-state index in [-0.39, 0.29) is 32.2 Å². The van der Waals surface area contributed by atoms with Gasteiger partial charge in [-0.25, -0.2) is 4.98 Å². The largest absolute Gasteiger partial charge is 0.509 e. The Morgan fingerprint density at radius 2 is 1.29 bits per heavy atom. The molecule has 286 valence electrons. The molecule has 0 radical (unpaired) electrons. The fourth-order valence-corrected chi connectivity index (χ4v) is 7.17. The number of aromatic nitrogens is 2. The van der Waals surface area contributed by atoms with Gasteiger partial charge in [-0.2, -0.15) is 12.1 Å². The predicted octanol–water partition coefficient (Wildman–Crippen LogP) is 13.6. The molecule has 1 aliphatic heterocycles. The molecule has 1 aliphatic rings. The number of benzene rings is 7. The van der Waals surface area contributed by atoms with Crippen molar-refractivity contribution in [3.05, 3.63) is 200 Å². The van der Waals surface area contributed by atoms with Gasteiger partial charge in [0.1, 0.15) is 5.82 Å². The standard InChI is InChI=1S/C52H39N4O.Pt/c1-52(2,3)38-30-31-53-50(32-38)56-46-25-11-10-22-44(46)45-29-28-41(34-49(45)56)57-40-21-14-20-39(33-40)54-35-55(48-27-13-12-26-47(48)54)51-42(36-16-6-4-7-17-36)23-15-24-43(51)37-18-8-5-9-19-37;/h4-32,35H,1-3H3;/q-3;/i4D,5D,6D,7D,8D,9D,15D,16D,17D,18D,19D,23D,24D;. The van der Waals surface area contributed by atoms with E-state index in [9.17, 15) is 2.74 Å². The average molecular weight is 944 g/mol. The van der Waals surface area contributed by atoms with E-state index in [0.29, 0.717) is 28.6 Å². The van der Waals surface area contributed by atoms with Crippen molar-refractivity contribution in [1.82, 2.24) is 9.55 Å². The normalized spacial score (nSPS) is 15.6. The first kappa shape index (κ1) is 25.0. The van der Waals surface area contributed by atoms with Crippen molar-refractivity contribution < 1.29 is 43.6 Å². The number of ether oxygens (including phenoxy) is 1. The van der Waals surface area contributed by atoms with Crippen LogP contribution in [0.3, 0.4) is 0 Å². The van der Waals surface area contributed by atoms with Gasteiger partial charge in [0.2, 0.25) is 0 Å². The van der Waals surface area contributed by atoms with Crippen molar-refractivity contribution in [1.29, 1.82) is 0 Å². The summed E-state index contributed by atoms with van der Waals surface area (Å²) in [6, 6.07) is 25.7. The molecule has 2 aromatic heterocycles. The number of anilines is 4. The van der Waals surface area contributed by atoms with Gasteiger partial charge in [0.15, 0.2) is 0 Å². The Balaban J connectivity index is 0.00000624. The Hall–Kier alpha value is -6.42. The van der Waals surface area contributed by atoms with Crippen molar-refractivity contribution >= 4 is 44.6 Å². The van der Waals surface area contributed by atoms with Crippen LogP contribution in [0.1, 0.15) is 44.2 Å². The molecule has 0 aliphatic carbocycles. The molecule has 0 saturated heterocycles. The van der Waals surface area contributed by atoms with Gasteiger partial charge < -0.3 is 19.1 Å². The molecule has 5 nitrogen and oxygen atoms in total. The summed E-state index contributed by atoms with van der Waals surface area (Å²) in [6.07, 6.45) is 1.81. The molecule has 58 heavy (non-hydrogen) atoms. The second-order valence-electron chi connectivity index (χ2n) is 14.4. The van der Waals surface area contributed by atoms with Crippen LogP contribution in [0.2, 0.25) is 0 Å². The van der Waals surface area contributed by atoms with E-state index in [2.05, 4.69) is 49.6 Å². The zero-order valence-corrected chi connectivity index (χ0v) is 33.6. The first-order chi connectivity index (χ1) is 33.3. The third kappa shape index (κ3) is 6.66. The summed E-state index contributed by atoms with van der Waals surface area (Å²) >= 11 is 0. The molecular formula is C52H39N4OPt-3. The van der Waals surface area contributed by atoms with Crippen molar-refractivity contribution in [2.45, 2.75) is 26.2 Å². The summed E-state index contributed by atoms with van der Waals surface area (Å²) in [7, 11) is 0. The Kier molecular flexibility index (Phi) is 6.54. The number of rotatable bonds is 7. The average Bonchev–Trinajstić information content (AvgIpc) is 3.90. The summed E-state index contributed by atoms with van der Waals surface area (Å²) in [5, 5.41) is 1.96.